The molecule has 5 nitrogen and oxygen atoms in total. The van der Waals surface area contributed by atoms with Gasteiger partial charge in [-0.1, -0.05) is 19.0 Å². The SMILES string of the molecule is CC(C)Cc1noc(CN2C[C@@H](C)O[C@@H](C)C2)n1. The second-order valence-electron chi connectivity index (χ2n) is 5.65. The molecule has 0 spiro atoms. The predicted octanol–water partition coefficient (Wildman–Crippen LogP) is 1.88. The molecule has 1 aromatic heterocycles. The molecule has 102 valence electrons. The molecule has 18 heavy (non-hydrogen) atoms. The van der Waals surface area contributed by atoms with Gasteiger partial charge in [-0.05, 0) is 19.8 Å². The molecule has 0 saturated carbocycles. The van der Waals surface area contributed by atoms with E-state index in [1.165, 1.54) is 0 Å². The van der Waals surface area contributed by atoms with Gasteiger partial charge in [0.2, 0.25) is 5.89 Å². The largest absolute Gasteiger partial charge is 0.373 e. The maximum Gasteiger partial charge on any atom is 0.240 e. The van der Waals surface area contributed by atoms with Crippen LogP contribution in [0.2, 0.25) is 0 Å². The van der Waals surface area contributed by atoms with Crippen molar-refractivity contribution in [2.45, 2.75) is 52.9 Å². The van der Waals surface area contributed by atoms with Crippen LogP contribution >= 0.6 is 0 Å². The lowest BCUT2D eigenvalue weighted by Gasteiger charge is -2.34. The summed E-state index contributed by atoms with van der Waals surface area (Å²) < 4.78 is 11.0. The van der Waals surface area contributed by atoms with E-state index in [0.717, 1.165) is 31.9 Å². The number of ether oxygens (including phenoxy) is 1. The maximum atomic E-state index is 5.70. The van der Waals surface area contributed by atoms with Gasteiger partial charge in [-0.3, -0.25) is 4.90 Å². The Morgan fingerprint density at radius 1 is 1.28 bits per heavy atom. The van der Waals surface area contributed by atoms with Crippen LogP contribution in [0.25, 0.3) is 0 Å². The minimum atomic E-state index is 0.270. The highest BCUT2D eigenvalue weighted by atomic mass is 16.5. The molecule has 1 aliphatic heterocycles. The van der Waals surface area contributed by atoms with Crippen LogP contribution in [0.15, 0.2) is 4.52 Å². The van der Waals surface area contributed by atoms with Gasteiger partial charge in [0.1, 0.15) is 0 Å². The third-order valence-corrected chi connectivity index (χ3v) is 2.96. The highest BCUT2D eigenvalue weighted by molar-refractivity contribution is 4.88. The Morgan fingerprint density at radius 2 is 1.94 bits per heavy atom. The summed E-state index contributed by atoms with van der Waals surface area (Å²) >= 11 is 0. The number of hydrogen-bond acceptors (Lipinski definition) is 5. The normalized spacial score (nSPS) is 25.8. The Kier molecular flexibility index (Phi) is 4.35. The molecule has 0 amide bonds. The molecule has 2 rings (SSSR count). The monoisotopic (exact) mass is 253 g/mol. The highest BCUT2D eigenvalue weighted by Crippen LogP contribution is 2.14. The van der Waals surface area contributed by atoms with Crippen LogP contribution in [-0.2, 0) is 17.7 Å². The minimum absolute atomic E-state index is 0.270. The number of rotatable bonds is 4. The third-order valence-electron chi connectivity index (χ3n) is 2.96. The van der Waals surface area contributed by atoms with E-state index >= 15 is 0 Å². The van der Waals surface area contributed by atoms with Crippen molar-refractivity contribution in [3.63, 3.8) is 0 Å². The Bertz CT molecular complexity index is 368. The molecule has 1 saturated heterocycles. The van der Waals surface area contributed by atoms with Crippen LogP contribution in [0.3, 0.4) is 0 Å². The van der Waals surface area contributed by atoms with E-state index in [9.17, 15) is 0 Å². The van der Waals surface area contributed by atoms with Gasteiger partial charge >= 0.3 is 0 Å². The zero-order chi connectivity index (χ0) is 13.1. The lowest BCUT2D eigenvalue weighted by atomic mass is 10.1. The minimum Gasteiger partial charge on any atom is -0.373 e. The molecule has 0 unspecified atom stereocenters. The number of nitrogens with zero attached hydrogens (tertiary/aromatic N) is 3. The van der Waals surface area contributed by atoms with E-state index in [0.29, 0.717) is 11.8 Å². The summed E-state index contributed by atoms with van der Waals surface area (Å²) in [6.45, 7) is 11.1. The van der Waals surface area contributed by atoms with Crippen LogP contribution in [0, 0.1) is 5.92 Å². The molecule has 0 aliphatic carbocycles. The molecular weight excluding hydrogens is 230 g/mol. The first kappa shape index (κ1) is 13.5. The smallest absolute Gasteiger partial charge is 0.240 e. The Balaban J connectivity index is 1.90. The molecule has 0 aromatic carbocycles. The van der Waals surface area contributed by atoms with Crippen LogP contribution in [0.1, 0.15) is 39.4 Å². The molecular formula is C13H23N3O2. The quantitative estimate of drug-likeness (QED) is 0.820. The molecule has 2 atom stereocenters. The standard InChI is InChI=1S/C13H23N3O2/c1-9(2)5-12-14-13(18-15-12)8-16-6-10(3)17-11(4)7-16/h9-11H,5-8H2,1-4H3/t10-,11+. The summed E-state index contributed by atoms with van der Waals surface area (Å²) in [4.78, 5) is 6.75. The van der Waals surface area contributed by atoms with Crippen LogP contribution in [0.5, 0.6) is 0 Å². The van der Waals surface area contributed by atoms with Crippen LogP contribution in [0.4, 0.5) is 0 Å². The number of hydrogen-bond donors (Lipinski definition) is 0. The fraction of sp³-hybridized carbons (Fsp3) is 0.846. The van der Waals surface area contributed by atoms with Gasteiger partial charge in [-0.15, -0.1) is 0 Å². The van der Waals surface area contributed by atoms with Gasteiger partial charge < -0.3 is 9.26 Å². The number of aromatic nitrogens is 2. The van der Waals surface area contributed by atoms with Crippen molar-refractivity contribution in [2.24, 2.45) is 5.92 Å². The van der Waals surface area contributed by atoms with E-state index in [1.807, 2.05) is 0 Å². The van der Waals surface area contributed by atoms with E-state index in [2.05, 4.69) is 42.7 Å². The second-order valence-corrected chi connectivity index (χ2v) is 5.65. The number of morpholine rings is 1. The third kappa shape index (κ3) is 3.78. The lowest BCUT2D eigenvalue weighted by Crippen LogP contribution is -2.44. The van der Waals surface area contributed by atoms with Crippen molar-refractivity contribution in [1.29, 1.82) is 0 Å². The Hall–Kier alpha value is -0.940. The summed E-state index contributed by atoms with van der Waals surface area (Å²) in [5.74, 6) is 2.08. The molecule has 0 bridgehead atoms. The van der Waals surface area contributed by atoms with Gasteiger partial charge in [-0.2, -0.15) is 4.98 Å². The van der Waals surface area contributed by atoms with E-state index < -0.39 is 0 Å². The fourth-order valence-corrected chi connectivity index (χ4v) is 2.41. The Labute approximate surface area is 108 Å². The van der Waals surface area contributed by atoms with Gasteiger partial charge in [0.05, 0.1) is 18.8 Å². The predicted molar refractivity (Wildman–Crippen MR) is 68.1 cm³/mol. The van der Waals surface area contributed by atoms with E-state index in [4.69, 9.17) is 9.26 Å². The summed E-state index contributed by atoms with van der Waals surface area (Å²) in [5, 5.41) is 4.02. The van der Waals surface area contributed by atoms with Crippen molar-refractivity contribution >= 4 is 0 Å². The average molecular weight is 253 g/mol. The lowest BCUT2D eigenvalue weighted by molar-refractivity contribution is -0.0725. The summed E-state index contributed by atoms with van der Waals surface area (Å²) in [7, 11) is 0. The second kappa shape index (κ2) is 5.80. The topological polar surface area (TPSA) is 51.4 Å². The van der Waals surface area contributed by atoms with Gasteiger partial charge in [0.25, 0.3) is 0 Å². The van der Waals surface area contributed by atoms with E-state index in [1.54, 1.807) is 0 Å². The summed E-state index contributed by atoms with van der Waals surface area (Å²) in [6, 6.07) is 0. The molecule has 0 N–H and O–H groups in total. The summed E-state index contributed by atoms with van der Waals surface area (Å²) in [6.07, 6.45) is 1.41. The van der Waals surface area contributed by atoms with Crippen LogP contribution < -0.4 is 0 Å². The van der Waals surface area contributed by atoms with E-state index in [-0.39, 0.29) is 12.2 Å². The Morgan fingerprint density at radius 3 is 2.56 bits per heavy atom. The average Bonchev–Trinajstić information content (AvgIpc) is 2.62. The first-order valence-corrected chi connectivity index (χ1v) is 6.72. The molecule has 1 aromatic rings. The first-order valence-electron chi connectivity index (χ1n) is 6.72. The van der Waals surface area contributed by atoms with Gasteiger partial charge in [-0.25, -0.2) is 0 Å². The fourth-order valence-electron chi connectivity index (χ4n) is 2.41. The molecule has 0 radical (unpaired) electrons. The molecule has 5 heteroatoms. The highest BCUT2D eigenvalue weighted by Gasteiger charge is 2.23. The molecule has 1 fully saturated rings. The molecule has 1 aliphatic rings. The van der Waals surface area contributed by atoms with Crippen molar-refractivity contribution in [1.82, 2.24) is 15.0 Å². The van der Waals surface area contributed by atoms with Crippen molar-refractivity contribution in [2.75, 3.05) is 13.1 Å². The molecule has 2 heterocycles. The zero-order valence-electron chi connectivity index (χ0n) is 11.7. The van der Waals surface area contributed by atoms with Crippen molar-refractivity contribution < 1.29 is 9.26 Å². The zero-order valence-corrected chi connectivity index (χ0v) is 11.7. The maximum absolute atomic E-state index is 5.70. The summed E-state index contributed by atoms with van der Waals surface area (Å²) in [5.41, 5.74) is 0. The van der Waals surface area contributed by atoms with Crippen LogP contribution in [-0.4, -0.2) is 40.3 Å². The first-order chi connectivity index (χ1) is 8.52. The van der Waals surface area contributed by atoms with Crippen molar-refractivity contribution in [3.05, 3.63) is 11.7 Å². The van der Waals surface area contributed by atoms with Gasteiger partial charge in [0, 0.05) is 19.5 Å². The van der Waals surface area contributed by atoms with Crippen molar-refractivity contribution in [3.8, 4) is 0 Å². The van der Waals surface area contributed by atoms with Gasteiger partial charge in [0.15, 0.2) is 5.82 Å².